The second-order valence-corrected chi connectivity index (χ2v) is 13.6. The number of alkyl halides is 3. The summed E-state index contributed by atoms with van der Waals surface area (Å²) in [6.45, 7) is -0.903. The van der Waals surface area contributed by atoms with Crippen molar-refractivity contribution in [1.29, 1.82) is 0 Å². The summed E-state index contributed by atoms with van der Waals surface area (Å²) in [5.74, 6) is 0.159. The highest BCUT2D eigenvalue weighted by Gasteiger charge is 2.49. The zero-order valence-electron chi connectivity index (χ0n) is 25.1. The first-order valence-electron chi connectivity index (χ1n) is 14.9. The Morgan fingerprint density at radius 3 is 2.38 bits per heavy atom. The van der Waals surface area contributed by atoms with Crippen molar-refractivity contribution in [3.8, 4) is 11.6 Å². The van der Waals surface area contributed by atoms with Gasteiger partial charge >= 0.3 is 12.3 Å². The van der Waals surface area contributed by atoms with E-state index in [0.717, 1.165) is 18.4 Å². The lowest BCUT2D eigenvalue weighted by Crippen LogP contribution is -2.52. The van der Waals surface area contributed by atoms with E-state index in [4.69, 9.17) is 18.9 Å². The molecule has 1 amide bonds. The molecule has 1 saturated heterocycles. The molecule has 45 heavy (non-hydrogen) atoms. The Morgan fingerprint density at radius 2 is 1.76 bits per heavy atom. The van der Waals surface area contributed by atoms with Gasteiger partial charge in [0.1, 0.15) is 19.0 Å². The number of amides is 1. The zero-order chi connectivity index (χ0) is 32.4. The lowest BCUT2D eigenvalue weighted by molar-refractivity contribution is -0.138. The summed E-state index contributed by atoms with van der Waals surface area (Å²) >= 11 is 0. The highest BCUT2D eigenvalue weighted by atomic mass is 32.2. The van der Waals surface area contributed by atoms with Crippen LogP contribution >= 0.6 is 0 Å². The summed E-state index contributed by atoms with van der Waals surface area (Å²) in [5.41, 5.74) is -0.177. The maximum atomic E-state index is 13.8. The molecule has 1 aromatic heterocycles. The molecule has 1 N–H and O–H groups in total. The van der Waals surface area contributed by atoms with Crippen molar-refractivity contribution < 1.29 is 50.4 Å². The number of aliphatic hydroxyl groups excluding tert-OH is 1. The van der Waals surface area contributed by atoms with Crippen LogP contribution in [0.1, 0.15) is 54.8 Å². The van der Waals surface area contributed by atoms with Gasteiger partial charge in [-0.1, -0.05) is 12.1 Å². The number of benzene rings is 1. The molecule has 0 radical (unpaired) electrons. The van der Waals surface area contributed by atoms with Crippen molar-refractivity contribution in [1.82, 2.24) is 14.2 Å². The average molecular weight is 658 g/mol. The van der Waals surface area contributed by atoms with Crippen LogP contribution in [0.3, 0.4) is 0 Å². The number of hydrogen-bond donors (Lipinski definition) is 1. The maximum absolute atomic E-state index is 13.8. The van der Waals surface area contributed by atoms with E-state index in [2.05, 4.69) is 4.98 Å². The molecule has 15 heteroatoms. The Balaban J connectivity index is 1.43. The average Bonchev–Trinajstić information content (AvgIpc) is 3.37. The molecule has 6 rings (SSSR count). The van der Waals surface area contributed by atoms with Crippen LogP contribution in [-0.4, -0.2) is 97.8 Å². The van der Waals surface area contributed by atoms with Gasteiger partial charge in [-0.25, -0.2) is 18.2 Å². The predicted molar refractivity (Wildman–Crippen MR) is 155 cm³/mol. The van der Waals surface area contributed by atoms with Gasteiger partial charge in [-0.05, 0) is 55.9 Å². The van der Waals surface area contributed by atoms with Crippen LogP contribution in [0.4, 0.5) is 18.0 Å². The number of hydrogen-bond acceptors (Lipinski definition) is 9. The second-order valence-electron chi connectivity index (χ2n) is 11.6. The Kier molecular flexibility index (Phi) is 10.1. The minimum Gasteiger partial charge on any atom is -0.497 e. The van der Waals surface area contributed by atoms with Crippen LogP contribution in [0.15, 0.2) is 36.4 Å². The molecule has 1 aromatic carbocycles. The number of halogens is 3. The molecule has 4 bridgehead atoms. The predicted octanol–water partition coefficient (Wildman–Crippen LogP) is 3.95. The summed E-state index contributed by atoms with van der Waals surface area (Å²) in [6.07, 6.45) is -2.77. The highest BCUT2D eigenvalue weighted by Crippen LogP contribution is 2.41. The van der Waals surface area contributed by atoms with Crippen LogP contribution < -0.4 is 9.47 Å². The number of aliphatic hydroxyl groups is 1. The normalized spacial score (nSPS) is 26.3. The van der Waals surface area contributed by atoms with Crippen molar-refractivity contribution in [3.63, 3.8) is 0 Å². The number of rotatable bonds is 6. The van der Waals surface area contributed by atoms with Crippen molar-refractivity contribution in [3.05, 3.63) is 53.2 Å². The van der Waals surface area contributed by atoms with Gasteiger partial charge < -0.3 is 24.1 Å². The number of ether oxygens (including phenoxy) is 4. The number of nitrogens with zero attached hydrogens (tertiary/aromatic N) is 3. The minimum absolute atomic E-state index is 0.00538. The number of aromatic nitrogens is 1. The first-order valence-corrected chi connectivity index (χ1v) is 16.7. The molecule has 1 aliphatic carbocycles. The molecule has 248 valence electrons. The smallest absolute Gasteiger partial charge is 0.418 e. The molecule has 2 fully saturated rings. The molecule has 0 spiro atoms. The number of sulfonamides is 1. The van der Waals surface area contributed by atoms with E-state index in [1.54, 1.807) is 24.3 Å². The van der Waals surface area contributed by atoms with Gasteiger partial charge in [-0.2, -0.15) is 17.5 Å². The van der Waals surface area contributed by atoms with E-state index < -0.39 is 58.5 Å². The van der Waals surface area contributed by atoms with Crippen LogP contribution in [0.5, 0.6) is 11.6 Å². The van der Waals surface area contributed by atoms with Crippen molar-refractivity contribution in [2.24, 2.45) is 0 Å². The first kappa shape index (κ1) is 33.2. The Morgan fingerprint density at radius 1 is 1.07 bits per heavy atom. The number of carbonyl (C=O) groups is 1. The molecule has 4 aliphatic rings. The Hall–Kier alpha value is -3.14. The number of carbonyl (C=O) groups excluding carboxylic acids is 1. The third-order valence-corrected chi connectivity index (χ3v) is 10.0. The summed E-state index contributed by atoms with van der Waals surface area (Å²) < 4.78 is 91.7. The van der Waals surface area contributed by atoms with Crippen LogP contribution in [0.2, 0.25) is 0 Å². The Labute approximate surface area is 260 Å². The second kappa shape index (κ2) is 13.7. The molecular weight excluding hydrogens is 619 g/mol. The molecule has 3 unspecified atom stereocenters. The van der Waals surface area contributed by atoms with Gasteiger partial charge in [0.15, 0.2) is 0 Å². The van der Waals surface area contributed by atoms with Crippen LogP contribution in [0.25, 0.3) is 0 Å². The summed E-state index contributed by atoms with van der Waals surface area (Å²) in [7, 11) is -2.29. The summed E-state index contributed by atoms with van der Waals surface area (Å²) in [4.78, 5) is 19.0. The molecular formula is C30H38F3N3O8S. The topological polar surface area (TPSA) is 128 Å². The monoisotopic (exact) mass is 657 g/mol. The molecule has 3 atom stereocenters. The van der Waals surface area contributed by atoms with Gasteiger partial charge in [0.25, 0.3) is 0 Å². The summed E-state index contributed by atoms with van der Waals surface area (Å²) in [5, 5.41) is 10.3. The maximum Gasteiger partial charge on any atom is 0.418 e. The van der Waals surface area contributed by atoms with Crippen LogP contribution in [0, 0.1) is 0 Å². The van der Waals surface area contributed by atoms with E-state index >= 15 is 0 Å². The molecule has 2 aromatic rings. The lowest BCUT2D eigenvalue weighted by Gasteiger charge is -2.36. The Bertz CT molecular complexity index is 1430. The van der Waals surface area contributed by atoms with E-state index in [1.165, 1.54) is 16.3 Å². The standard InChI is InChI=1S/C30H38F3N3O8S/c1-41-22-7-3-19(4-8-22)16-35(45(2,39)40)25-15-21(17-37)36-26(25)18-44-23-9-5-20(6-10-23)28-24(30(31,32)33)11-12-27(34-28)42-13-14-43-29(36)38/h3-4,7-8,11-12,20-21,23,25-26,37H,5-6,9-10,13-18H2,1-2H3. The quantitative estimate of drug-likeness (QED) is 0.492. The third kappa shape index (κ3) is 7.64. The lowest BCUT2D eigenvalue weighted by atomic mass is 9.83. The molecule has 3 aliphatic heterocycles. The number of pyridine rings is 1. The van der Waals surface area contributed by atoms with E-state index in [-0.39, 0.29) is 50.5 Å². The molecule has 11 nitrogen and oxygen atoms in total. The van der Waals surface area contributed by atoms with E-state index in [1.807, 2.05) is 0 Å². The highest BCUT2D eigenvalue weighted by molar-refractivity contribution is 7.88. The summed E-state index contributed by atoms with van der Waals surface area (Å²) in [6, 6.07) is 6.77. The van der Waals surface area contributed by atoms with Crippen molar-refractivity contribution >= 4 is 16.1 Å². The van der Waals surface area contributed by atoms with Crippen molar-refractivity contribution in [2.45, 2.75) is 75.0 Å². The van der Waals surface area contributed by atoms with Gasteiger partial charge in [0.05, 0.1) is 62.1 Å². The fourth-order valence-electron chi connectivity index (χ4n) is 6.52. The number of methoxy groups -OCH3 is 1. The SMILES string of the molecule is COc1ccc(CN(C2CC(CO)N3C(=O)OCCOc4ccc(C(F)(F)F)c(n4)C4CCC(CC4)OCC23)S(C)(=O)=O)cc1. The first-order chi connectivity index (χ1) is 21.4. The van der Waals surface area contributed by atoms with Gasteiger partial charge in [-0.15, -0.1) is 0 Å². The molecule has 1 saturated carbocycles. The van der Waals surface area contributed by atoms with E-state index in [9.17, 15) is 31.5 Å². The van der Waals surface area contributed by atoms with Crippen LogP contribution in [-0.2, 0) is 32.2 Å². The van der Waals surface area contributed by atoms with Gasteiger partial charge in [0, 0.05) is 18.5 Å². The fraction of sp³-hybridized carbons (Fsp3) is 0.600. The molecule has 4 heterocycles. The zero-order valence-corrected chi connectivity index (χ0v) is 25.9. The minimum atomic E-state index is -4.58. The van der Waals surface area contributed by atoms with Gasteiger partial charge in [-0.3, -0.25) is 4.90 Å². The van der Waals surface area contributed by atoms with Gasteiger partial charge in [0.2, 0.25) is 15.9 Å². The fourth-order valence-corrected chi connectivity index (χ4v) is 7.62. The number of fused-ring (bicyclic) bond motifs is 7. The van der Waals surface area contributed by atoms with Crippen molar-refractivity contribution in [2.75, 3.05) is 39.8 Å². The largest absolute Gasteiger partial charge is 0.497 e. The van der Waals surface area contributed by atoms with E-state index in [0.29, 0.717) is 37.0 Å². The third-order valence-electron chi connectivity index (χ3n) is 8.75.